The third kappa shape index (κ3) is 7.20. The summed E-state index contributed by atoms with van der Waals surface area (Å²) in [6.07, 6.45) is 3.92. The Morgan fingerprint density at radius 1 is 1.04 bits per heavy atom. The number of amides is 2. The first kappa shape index (κ1) is 23.7. The van der Waals surface area contributed by atoms with Gasteiger partial charge in [0.05, 0.1) is 5.54 Å². The number of halogens is 2. The van der Waals surface area contributed by atoms with E-state index in [1.54, 1.807) is 24.3 Å². The van der Waals surface area contributed by atoms with Crippen molar-refractivity contribution in [1.82, 2.24) is 4.90 Å². The predicted octanol–water partition coefficient (Wildman–Crippen LogP) is 2.63. The monoisotopic (exact) mass is 390 g/mol. The number of carbonyl (C=O) groups is 2. The molecule has 25 heavy (non-hydrogen) atoms. The highest BCUT2D eigenvalue weighted by Gasteiger charge is 2.36. The second kappa shape index (κ2) is 10.6. The Bertz CT molecular complexity index is 558. The van der Waals surface area contributed by atoms with Gasteiger partial charge in [-0.2, -0.15) is 0 Å². The van der Waals surface area contributed by atoms with Crippen molar-refractivity contribution >= 4 is 48.0 Å². The Hall–Kier alpha value is -1.34. The summed E-state index contributed by atoms with van der Waals surface area (Å²) in [5.41, 5.74) is 6.80. The zero-order valence-electron chi connectivity index (χ0n) is 14.7. The van der Waals surface area contributed by atoms with E-state index in [0.717, 1.165) is 31.4 Å². The summed E-state index contributed by atoms with van der Waals surface area (Å²) in [5, 5.41) is 5.70. The van der Waals surface area contributed by atoms with Crippen LogP contribution in [0.3, 0.4) is 0 Å². The van der Waals surface area contributed by atoms with Gasteiger partial charge in [0.25, 0.3) is 0 Å². The van der Waals surface area contributed by atoms with Gasteiger partial charge in [0.1, 0.15) is 0 Å². The van der Waals surface area contributed by atoms with E-state index in [1.807, 2.05) is 19.0 Å². The van der Waals surface area contributed by atoms with Gasteiger partial charge in [-0.15, -0.1) is 24.8 Å². The van der Waals surface area contributed by atoms with E-state index in [4.69, 9.17) is 5.73 Å². The van der Waals surface area contributed by atoms with Crippen LogP contribution in [-0.2, 0) is 9.59 Å². The summed E-state index contributed by atoms with van der Waals surface area (Å²) in [4.78, 5) is 26.0. The van der Waals surface area contributed by atoms with Crippen LogP contribution in [-0.4, -0.2) is 42.9 Å². The Morgan fingerprint density at radius 3 is 2.00 bits per heavy atom. The van der Waals surface area contributed by atoms with Crippen molar-refractivity contribution in [2.24, 2.45) is 5.73 Å². The molecule has 8 heteroatoms. The maximum absolute atomic E-state index is 12.2. The number of nitrogens with one attached hydrogen (secondary N) is 2. The number of nitrogens with zero attached hydrogens (tertiary/aromatic N) is 1. The maximum Gasteiger partial charge on any atom is 0.244 e. The SMILES string of the molecule is CN(C)CCC(=O)Nc1ccc(NC(=O)C2(N)CCCC2)cc1.Cl.Cl. The zero-order chi connectivity index (χ0) is 16.9. The van der Waals surface area contributed by atoms with Crippen molar-refractivity contribution in [1.29, 1.82) is 0 Å². The summed E-state index contributed by atoms with van der Waals surface area (Å²) in [5.74, 6) is -0.153. The number of nitrogens with two attached hydrogens (primary N) is 1. The van der Waals surface area contributed by atoms with Crippen LogP contribution in [0.1, 0.15) is 32.1 Å². The lowest BCUT2D eigenvalue weighted by Crippen LogP contribution is -2.48. The first-order valence-electron chi connectivity index (χ1n) is 8.04. The average Bonchev–Trinajstić information content (AvgIpc) is 2.95. The van der Waals surface area contributed by atoms with E-state index in [9.17, 15) is 9.59 Å². The molecule has 0 heterocycles. The molecule has 2 rings (SSSR count). The van der Waals surface area contributed by atoms with Crippen LogP contribution in [0.4, 0.5) is 11.4 Å². The van der Waals surface area contributed by atoms with Crippen LogP contribution < -0.4 is 16.4 Å². The van der Waals surface area contributed by atoms with E-state index in [2.05, 4.69) is 10.6 Å². The molecular formula is C17H28Cl2N4O2. The number of benzene rings is 1. The van der Waals surface area contributed by atoms with Crippen molar-refractivity contribution in [3.63, 3.8) is 0 Å². The topological polar surface area (TPSA) is 87.5 Å². The highest BCUT2D eigenvalue weighted by Crippen LogP contribution is 2.28. The van der Waals surface area contributed by atoms with Crippen molar-refractivity contribution in [2.45, 2.75) is 37.6 Å². The van der Waals surface area contributed by atoms with E-state index in [1.165, 1.54) is 0 Å². The van der Waals surface area contributed by atoms with Gasteiger partial charge in [-0.1, -0.05) is 12.8 Å². The molecule has 0 atom stereocenters. The second-order valence-corrected chi connectivity index (χ2v) is 6.50. The van der Waals surface area contributed by atoms with Crippen LogP contribution in [0.25, 0.3) is 0 Å². The molecular weight excluding hydrogens is 363 g/mol. The Balaban J connectivity index is 0.00000288. The predicted molar refractivity (Wildman–Crippen MR) is 107 cm³/mol. The Kier molecular flexibility index (Phi) is 10.0. The van der Waals surface area contributed by atoms with E-state index in [-0.39, 0.29) is 36.6 Å². The first-order valence-corrected chi connectivity index (χ1v) is 8.04. The van der Waals surface area contributed by atoms with E-state index in [0.29, 0.717) is 18.7 Å². The lowest BCUT2D eigenvalue weighted by molar-refractivity contribution is -0.121. The van der Waals surface area contributed by atoms with Crippen LogP contribution in [0.15, 0.2) is 24.3 Å². The van der Waals surface area contributed by atoms with Crippen LogP contribution in [0, 0.1) is 0 Å². The highest BCUT2D eigenvalue weighted by molar-refractivity contribution is 5.98. The quantitative estimate of drug-likeness (QED) is 0.696. The minimum absolute atomic E-state index is 0. The maximum atomic E-state index is 12.2. The molecule has 4 N–H and O–H groups in total. The molecule has 0 bridgehead atoms. The molecule has 0 radical (unpaired) electrons. The standard InChI is InChI=1S/C17H26N4O2.2ClH/c1-21(2)12-9-15(22)19-13-5-7-14(8-6-13)20-16(23)17(18)10-3-4-11-17;;/h5-8H,3-4,9-12,18H2,1-2H3,(H,19,22)(H,20,23);2*1H. The van der Waals surface area contributed by atoms with Crippen LogP contribution in [0.2, 0.25) is 0 Å². The number of rotatable bonds is 6. The first-order chi connectivity index (χ1) is 10.9. The largest absolute Gasteiger partial charge is 0.326 e. The fourth-order valence-corrected chi connectivity index (χ4v) is 2.67. The normalized spacial score (nSPS) is 15.0. The molecule has 6 nitrogen and oxygen atoms in total. The van der Waals surface area contributed by atoms with Gasteiger partial charge < -0.3 is 21.3 Å². The molecule has 0 unspecified atom stereocenters. The van der Waals surface area contributed by atoms with Gasteiger partial charge in [0, 0.05) is 24.3 Å². The summed E-state index contributed by atoms with van der Waals surface area (Å²) < 4.78 is 0. The molecule has 142 valence electrons. The summed E-state index contributed by atoms with van der Waals surface area (Å²) in [7, 11) is 3.86. The van der Waals surface area contributed by atoms with Crippen molar-refractivity contribution in [2.75, 3.05) is 31.3 Å². The van der Waals surface area contributed by atoms with E-state index >= 15 is 0 Å². The van der Waals surface area contributed by atoms with Crippen LogP contribution >= 0.6 is 24.8 Å². The van der Waals surface area contributed by atoms with Crippen LogP contribution in [0.5, 0.6) is 0 Å². The smallest absolute Gasteiger partial charge is 0.244 e. The van der Waals surface area contributed by atoms with Crippen molar-refractivity contribution < 1.29 is 9.59 Å². The molecule has 2 amide bonds. The summed E-state index contributed by atoms with van der Waals surface area (Å²) in [6, 6.07) is 7.11. The van der Waals surface area contributed by atoms with Gasteiger partial charge in [-0.3, -0.25) is 9.59 Å². The minimum Gasteiger partial charge on any atom is -0.326 e. The van der Waals surface area contributed by atoms with Crippen molar-refractivity contribution in [3.05, 3.63) is 24.3 Å². The molecule has 0 saturated heterocycles. The number of hydrogen-bond donors (Lipinski definition) is 3. The fourth-order valence-electron chi connectivity index (χ4n) is 2.67. The molecule has 1 aromatic carbocycles. The van der Waals surface area contributed by atoms with Crippen molar-refractivity contribution in [3.8, 4) is 0 Å². The molecule has 1 aromatic rings. The molecule has 1 aliphatic carbocycles. The number of hydrogen-bond acceptors (Lipinski definition) is 4. The second-order valence-electron chi connectivity index (χ2n) is 6.50. The Labute approximate surface area is 161 Å². The van der Waals surface area contributed by atoms with Gasteiger partial charge >= 0.3 is 0 Å². The number of anilines is 2. The molecule has 1 fully saturated rings. The fraction of sp³-hybridized carbons (Fsp3) is 0.529. The summed E-state index contributed by atoms with van der Waals surface area (Å²) in [6.45, 7) is 0.707. The average molecular weight is 391 g/mol. The molecule has 0 aliphatic heterocycles. The lowest BCUT2D eigenvalue weighted by Gasteiger charge is -2.22. The highest BCUT2D eigenvalue weighted by atomic mass is 35.5. The third-order valence-electron chi connectivity index (χ3n) is 4.16. The van der Waals surface area contributed by atoms with Gasteiger partial charge in [0.15, 0.2) is 0 Å². The van der Waals surface area contributed by atoms with Gasteiger partial charge in [-0.25, -0.2) is 0 Å². The molecule has 1 aliphatic rings. The van der Waals surface area contributed by atoms with Gasteiger partial charge in [0.2, 0.25) is 11.8 Å². The zero-order valence-corrected chi connectivity index (χ0v) is 16.3. The molecule has 0 aromatic heterocycles. The van der Waals surface area contributed by atoms with E-state index < -0.39 is 5.54 Å². The molecule has 1 saturated carbocycles. The third-order valence-corrected chi connectivity index (χ3v) is 4.16. The minimum atomic E-state index is -0.737. The number of carbonyl (C=O) groups excluding carboxylic acids is 2. The Morgan fingerprint density at radius 2 is 1.52 bits per heavy atom. The lowest BCUT2D eigenvalue weighted by atomic mass is 9.98. The summed E-state index contributed by atoms with van der Waals surface area (Å²) >= 11 is 0. The van der Waals surface area contributed by atoms with Gasteiger partial charge in [-0.05, 0) is 51.2 Å². The molecule has 0 spiro atoms.